The summed E-state index contributed by atoms with van der Waals surface area (Å²) in [5.41, 5.74) is 1.35. The van der Waals surface area contributed by atoms with Crippen LogP contribution in [0, 0.1) is 0 Å². The number of carbonyl (C=O) groups is 1. The molecule has 0 radical (unpaired) electrons. The molecule has 2 aromatic rings. The van der Waals surface area contributed by atoms with Crippen LogP contribution in [0.2, 0.25) is 0 Å². The van der Waals surface area contributed by atoms with Crippen LogP contribution in [0.25, 0.3) is 10.9 Å². The average Bonchev–Trinajstić information content (AvgIpc) is 2.28. The fraction of sp³-hybridized carbons (Fsp3) is 0.167. The molecule has 16 heavy (non-hydrogen) atoms. The van der Waals surface area contributed by atoms with E-state index in [9.17, 15) is 9.90 Å². The Labute approximate surface area is 92.2 Å². The average molecular weight is 217 g/mol. The molecular formula is C12H11NO3. The molecule has 0 spiro atoms. The Morgan fingerprint density at radius 1 is 1.31 bits per heavy atom. The second-order valence-corrected chi connectivity index (χ2v) is 3.54. The third-order valence-corrected chi connectivity index (χ3v) is 2.45. The number of aliphatic carboxylic acids is 1. The van der Waals surface area contributed by atoms with Gasteiger partial charge in [0.25, 0.3) is 0 Å². The Morgan fingerprint density at radius 2 is 2.12 bits per heavy atom. The summed E-state index contributed by atoms with van der Waals surface area (Å²) in [4.78, 5) is 14.6. The number of phenols is 1. The van der Waals surface area contributed by atoms with Crippen molar-refractivity contribution in [2.45, 2.75) is 12.8 Å². The van der Waals surface area contributed by atoms with Crippen LogP contribution in [0.5, 0.6) is 5.75 Å². The molecule has 0 amide bonds. The maximum Gasteiger partial charge on any atom is 0.303 e. The quantitative estimate of drug-likeness (QED) is 0.824. The standard InChI is InChI=1S/C12H11NO3/c14-11(15)6-4-8-3-5-10-9(12(8)16)2-1-7-13-10/h1-3,5,7,16H,4,6H2,(H,14,15). The lowest BCUT2D eigenvalue weighted by atomic mass is 10.0. The van der Waals surface area contributed by atoms with Crippen molar-refractivity contribution >= 4 is 16.9 Å². The number of hydrogen-bond donors (Lipinski definition) is 2. The summed E-state index contributed by atoms with van der Waals surface area (Å²) in [6.45, 7) is 0. The Morgan fingerprint density at radius 3 is 2.88 bits per heavy atom. The molecule has 0 bridgehead atoms. The lowest BCUT2D eigenvalue weighted by Crippen LogP contribution is -1.97. The number of nitrogens with zero attached hydrogens (tertiary/aromatic N) is 1. The lowest BCUT2D eigenvalue weighted by Gasteiger charge is -2.05. The predicted octanol–water partition coefficient (Wildman–Crippen LogP) is 1.96. The van der Waals surface area contributed by atoms with Gasteiger partial charge in [-0.05, 0) is 30.2 Å². The van der Waals surface area contributed by atoms with E-state index >= 15 is 0 Å². The summed E-state index contributed by atoms with van der Waals surface area (Å²) in [6, 6.07) is 7.00. The molecule has 2 N–H and O–H groups in total. The van der Waals surface area contributed by atoms with Gasteiger partial charge >= 0.3 is 5.97 Å². The van der Waals surface area contributed by atoms with E-state index < -0.39 is 5.97 Å². The SMILES string of the molecule is O=C(O)CCc1ccc2ncccc2c1O. The highest BCUT2D eigenvalue weighted by Gasteiger charge is 2.08. The monoisotopic (exact) mass is 217 g/mol. The number of fused-ring (bicyclic) bond motifs is 1. The largest absolute Gasteiger partial charge is 0.507 e. The van der Waals surface area contributed by atoms with E-state index in [0.29, 0.717) is 22.9 Å². The van der Waals surface area contributed by atoms with Crippen molar-refractivity contribution in [2.24, 2.45) is 0 Å². The highest BCUT2D eigenvalue weighted by atomic mass is 16.4. The number of pyridine rings is 1. The molecule has 0 saturated carbocycles. The molecule has 4 nitrogen and oxygen atoms in total. The van der Waals surface area contributed by atoms with Gasteiger partial charge in [0, 0.05) is 18.0 Å². The minimum atomic E-state index is -0.870. The van der Waals surface area contributed by atoms with E-state index in [2.05, 4.69) is 4.98 Å². The van der Waals surface area contributed by atoms with Crippen LogP contribution in [-0.2, 0) is 11.2 Å². The third kappa shape index (κ3) is 1.95. The van der Waals surface area contributed by atoms with Gasteiger partial charge in [-0.3, -0.25) is 9.78 Å². The van der Waals surface area contributed by atoms with Gasteiger partial charge in [-0.25, -0.2) is 0 Å². The van der Waals surface area contributed by atoms with Crippen LogP contribution in [0.15, 0.2) is 30.5 Å². The second-order valence-electron chi connectivity index (χ2n) is 3.54. The van der Waals surface area contributed by atoms with Crippen molar-refractivity contribution in [3.63, 3.8) is 0 Å². The smallest absolute Gasteiger partial charge is 0.303 e. The molecule has 4 heteroatoms. The number of carboxylic acid groups (broad SMARTS) is 1. The Kier molecular flexibility index (Phi) is 2.72. The zero-order valence-electron chi connectivity index (χ0n) is 8.55. The van der Waals surface area contributed by atoms with Crippen LogP contribution < -0.4 is 0 Å². The number of phenolic OH excluding ortho intramolecular Hbond substituents is 1. The zero-order valence-corrected chi connectivity index (χ0v) is 8.55. The predicted molar refractivity (Wildman–Crippen MR) is 59.4 cm³/mol. The van der Waals surface area contributed by atoms with E-state index in [1.54, 1.807) is 30.5 Å². The van der Waals surface area contributed by atoms with E-state index in [4.69, 9.17) is 5.11 Å². The minimum Gasteiger partial charge on any atom is -0.507 e. The molecule has 2 rings (SSSR count). The van der Waals surface area contributed by atoms with Gasteiger partial charge in [-0.1, -0.05) is 6.07 Å². The van der Waals surface area contributed by atoms with Gasteiger partial charge in [0.15, 0.2) is 0 Å². The highest BCUT2D eigenvalue weighted by molar-refractivity contribution is 5.86. The first-order valence-electron chi connectivity index (χ1n) is 4.96. The summed E-state index contributed by atoms with van der Waals surface area (Å²) in [5.74, 6) is -0.738. The molecule has 0 unspecified atom stereocenters. The molecular weight excluding hydrogens is 206 g/mol. The van der Waals surface area contributed by atoms with E-state index in [-0.39, 0.29) is 12.2 Å². The molecule has 0 fully saturated rings. The fourth-order valence-electron chi connectivity index (χ4n) is 1.63. The Bertz CT molecular complexity index is 537. The maximum atomic E-state index is 10.5. The van der Waals surface area contributed by atoms with Gasteiger partial charge in [0.1, 0.15) is 5.75 Å². The van der Waals surface area contributed by atoms with Gasteiger partial charge < -0.3 is 10.2 Å². The van der Waals surface area contributed by atoms with Gasteiger partial charge in [0.2, 0.25) is 0 Å². The van der Waals surface area contributed by atoms with Gasteiger partial charge in [-0.2, -0.15) is 0 Å². The van der Waals surface area contributed by atoms with Crippen molar-refractivity contribution in [3.05, 3.63) is 36.0 Å². The number of aryl methyl sites for hydroxylation is 1. The van der Waals surface area contributed by atoms with Gasteiger partial charge in [0.05, 0.1) is 5.52 Å². The molecule has 0 saturated heterocycles. The van der Waals surface area contributed by atoms with Crippen molar-refractivity contribution < 1.29 is 15.0 Å². The highest BCUT2D eigenvalue weighted by Crippen LogP contribution is 2.27. The molecule has 1 heterocycles. The topological polar surface area (TPSA) is 70.4 Å². The van der Waals surface area contributed by atoms with E-state index in [1.807, 2.05) is 0 Å². The number of aromatic hydroxyl groups is 1. The van der Waals surface area contributed by atoms with Crippen molar-refractivity contribution in [3.8, 4) is 5.75 Å². The molecule has 82 valence electrons. The van der Waals surface area contributed by atoms with Crippen LogP contribution in [0.3, 0.4) is 0 Å². The molecule has 1 aromatic carbocycles. The number of aromatic nitrogens is 1. The molecule has 0 atom stereocenters. The Hall–Kier alpha value is -2.10. The molecule has 1 aromatic heterocycles. The normalized spacial score (nSPS) is 10.5. The third-order valence-electron chi connectivity index (χ3n) is 2.45. The fourth-order valence-corrected chi connectivity index (χ4v) is 1.63. The first-order valence-corrected chi connectivity index (χ1v) is 4.96. The van der Waals surface area contributed by atoms with Gasteiger partial charge in [-0.15, -0.1) is 0 Å². The van der Waals surface area contributed by atoms with Crippen molar-refractivity contribution in [2.75, 3.05) is 0 Å². The first kappa shape index (κ1) is 10.4. The summed E-state index contributed by atoms with van der Waals surface area (Å²) in [6.07, 6.45) is 1.99. The summed E-state index contributed by atoms with van der Waals surface area (Å²) < 4.78 is 0. The number of carboxylic acids is 1. The first-order chi connectivity index (χ1) is 7.68. The molecule has 0 aliphatic rings. The van der Waals surface area contributed by atoms with Crippen molar-refractivity contribution in [1.29, 1.82) is 0 Å². The minimum absolute atomic E-state index is 0.0132. The summed E-state index contributed by atoms with van der Waals surface area (Å²) in [7, 11) is 0. The maximum absolute atomic E-state index is 10.5. The second kappa shape index (κ2) is 4.18. The summed E-state index contributed by atoms with van der Waals surface area (Å²) >= 11 is 0. The van der Waals surface area contributed by atoms with Crippen molar-refractivity contribution in [1.82, 2.24) is 4.98 Å². The molecule has 0 aliphatic carbocycles. The number of hydrogen-bond acceptors (Lipinski definition) is 3. The zero-order chi connectivity index (χ0) is 11.5. The summed E-state index contributed by atoms with van der Waals surface area (Å²) in [5, 5.41) is 19.2. The van der Waals surface area contributed by atoms with Crippen LogP contribution in [0.1, 0.15) is 12.0 Å². The van der Waals surface area contributed by atoms with Crippen LogP contribution >= 0.6 is 0 Å². The van der Waals surface area contributed by atoms with Crippen LogP contribution in [0.4, 0.5) is 0 Å². The van der Waals surface area contributed by atoms with E-state index in [1.165, 1.54) is 0 Å². The number of rotatable bonds is 3. The van der Waals surface area contributed by atoms with Crippen LogP contribution in [-0.4, -0.2) is 21.2 Å². The van der Waals surface area contributed by atoms with E-state index in [0.717, 1.165) is 0 Å². The lowest BCUT2D eigenvalue weighted by molar-refractivity contribution is -0.136. The number of benzene rings is 1. The Balaban J connectivity index is 2.40. The molecule has 0 aliphatic heterocycles.